The summed E-state index contributed by atoms with van der Waals surface area (Å²) in [6, 6.07) is 2.05. The highest BCUT2D eigenvalue weighted by molar-refractivity contribution is 5.04. The molecule has 0 bridgehead atoms. The van der Waals surface area contributed by atoms with Crippen molar-refractivity contribution in [1.82, 2.24) is 9.89 Å². The summed E-state index contributed by atoms with van der Waals surface area (Å²) in [7, 11) is 0. The first kappa shape index (κ1) is 4.85. The molecule has 0 atom stereocenters. The zero-order chi connectivity index (χ0) is 6.10. The van der Waals surface area contributed by atoms with Gasteiger partial charge in [0.15, 0.2) is 0 Å². The van der Waals surface area contributed by atoms with Crippen LogP contribution in [-0.4, -0.2) is 16.4 Å². The van der Waals surface area contributed by atoms with E-state index in [0.717, 1.165) is 13.0 Å². The fourth-order valence-corrected chi connectivity index (χ4v) is 1.12. The summed E-state index contributed by atoms with van der Waals surface area (Å²) in [6.07, 6.45) is 4.21. The highest BCUT2D eigenvalue weighted by atomic mass is 15.6. The molecular formula is C6H9N3. The minimum atomic E-state index is 1.05. The molecule has 1 aliphatic rings. The second-order valence-electron chi connectivity index (χ2n) is 2.25. The topological polar surface area (TPSA) is 29.9 Å². The van der Waals surface area contributed by atoms with E-state index >= 15 is 0 Å². The number of fused-ring (bicyclic) bond motifs is 1. The van der Waals surface area contributed by atoms with Crippen LogP contribution in [0.5, 0.6) is 0 Å². The third kappa shape index (κ3) is 0.686. The Balaban J connectivity index is 2.39. The van der Waals surface area contributed by atoms with E-state index in [1.165, 1.54) is 12.1 Å². The lowest BCUT2D eigenvalue weighted by molar-refractivity contribution is 0.608. The Morgan fingerprint density at radius 2 is 2.67 bits per heavy atom. The van der Waals surface area contributed by atoms with Gasteiger partial charge < -0.3 is 5.43 Å². The Labute approximate surface area is 53.6 Å². The van der Waals surface area contributed by atoms with Gasteiger partial charge in [-0.15, -0.1) is 0 Å². The first-order valence-corrected chi connectivity index (χ1v) is 3.23. The smallest absolute Gasteiger partial charge is 0.0620 e. The van der Waals surface area contributed by atoms with Gasteiger partial charge in [0, 0.05) is 6.54 Å². The zero-order valence-electron chi connectivity index (χ0n) is 5.17. The summed E-state index contributed by atoms with van der Waals surface area (Å²) in [4.78, 5) is 1.85. The van der Waals surface area contributed by atoms with Gasteiger partial charge in [-0.25, -0.2) is 0 Å². The average Bonchev–Trinajstić information content (AvgIpc) is 2.33. The van der Waals surface area contributed by atoms with Gasteiger partial charge in [0.05, 0.1) is 11.9 Å². The lowest BCUT2D eigenvalue weighted by Crippen LogP contribution is -2.24. The first-order valence-electron chi connectivity index (χ1n) is 3.23. The lowest BCUT2D eigenvalue weighted by atomic mass is 10.2. The summed E-state index contributed by atoms with van der Waals surface area (Å²) in [5.41, 5.74) is 4.44. The quantitative estimate of drug-likeness (QED) is 0.540. The van der Waals surface area contributed by atoms with Crippen molar-refractivity contribution in [2.45, 2.75) is 12.8 Å². The predicted molar refractivity (Wildman–Crippen MR) is 34.8 cm³/mol. The number of aromatic nitrogens is 2. The second kappa shape index (κ2) is 1.76. The summed E-state index contributed by atoms with van der Waals surface area (Å²) in [5.74, 6) is 0. The minimum absolute atomic E-state index is 1.05. The molecule has 3 nitrogen and oxygen atoms in total. The molecular weight excluding hydrogens is 114 g/mol. The molecule has 1 aliphatic heterocycles. The molecule has 3 heteroatoms. The van der Waals surface area contributed by atoms with Gasteiger partial charge in [-0.3, -0.25) is 0 Å². The molecule has 0 saturated heterocycles. The van der Waals surface area contributed by atoms with Crippen LogP contribution in [0.2, 0.25) is 0 Å². The Bertz CT molecular complexity index is 183. The molecule has 1 aromatic heterocycles. The summed E-state index contributed by atoms with van der Waals surface area (Å²) in [6.45, 7) is 1.05. The van der Waals surface area contributed by atoms with E-state index in [0.29, 0.717) is 0 Å². The Hall–Kier alpha value is -0.990. The first-order chi connectivity index (χ1) is 4.47. The van der Waals surface area contributed by atoms with Crippen molar-refractivity contribution >= 4 is 0 Å². The van der Waals surface area contributed by atoms with E-state index in [-0.39, 0.29) is 0 Å². The molecule has 0 spiro atoms. The number of rotatable bonds is 0. The van der Waals surface area contributed by atoms with Crippen LogP contribution in [0, 0.1) is 0 Å². The van der Waals surface area contributed by atoms with Crippen LogP contribution < -0.4 is 5.43 Å². The molecule has 0 aliphatic carbocycles. The maximum atomic E-state index is 4.06. The number of nitrogens with zero attached hydrogens (tertiary/aromatic N) is 2. The Morgan fingerprint density at radius 1 is 1.67 bits per heavy atom. The lowest BCUT2D eigenvalue weighted by Gasteiger charge is -2.14. The van der Waals surface area contributed by atoms with E-state index in [4.69, 9.17) is 0 Å². The predicted octanol–water partition coefficient (Wildman–Crippen LogP) is 0.373. The molecule has 1 N–H and O–H groups in total. The van der Waals surface area contributed by atoms with E-state index in [1.54, 1.807) is 0 Å². The molecule has 2 heterocycles. The van der Waals surface area contributed by atoms with Crippen LogP contribution in [0.1, 0.15) is 12.1 Å². The number of hydrogen-bond donors (Lipinski definition) is 1. The molecule has 1 aromatic rings. The van der Waals surface area contributed by atoms with Crippen molar-refractivity contribution in [3.8, 4) is 0 Å². The van der Waals surface area contributed by atoms with Gasteiger partial charge >= 0.3 is 0 Å². The maximum absolute atomic E-state index is 4.06. The van der Waals surface area contributed by atoms with Crippen LogP contribution >= 0.6 is 0 Å². The largest absolute Gasteiger partial charge is 0.310 e. The normalized spacial score (nSPS) is 16.4. The van der Waals surface area contributed by atoms with Gasteiger partial charge in [0.2, 0.25) is 0 Å². The average molecular weight is 123 g/mol. The zero-order valence-corrected chi connectivity index (χ0v) is 5.17. The van der Waals surface area contributed by atoms with Gasteiger partial charge in [-0.05, 0) is 18.9 Å². The number of nitrogens with one attached hydrogen (secondary N) is 1. The molecule has 0 saturated carbocycles. The van der Waals surface area contributed by atoms with Crippen molar-refractivity contribution in [2.75, 3.05) is 12.0 Å². The maximum Gasteiger partial charge on any atom is 0.0620 e. The summed E-state index contributed by atoms with van der Waals surface area (Å²) < 4.78 is 0. The van der Waals surface area contributed by atoms with Gasteiger partial charge in [0.25, 0.3) is 0 Å². The monoisotopic (exact) mass is 123 g/mol. The fraction of sp³-hybridized carbons (Fsp3) is 0.500. The minimum Gasteiger partial charge on any atom is -0.310 e. The number of aryl methyl sites for hydroxylation is 1. The van der Waals surface area contributed by atoms with Gasteiger partial charge in [0.1, 0.15) is 0 Å². The molecule has 2 rings (SSSR count). The van der Waals surface area contributed by atoms with E-state index in [2.05, 4.69) is 10.5 Å². The second-order valence-corrected chi connectivity index (χ2v) is 2.25. The van der Waals surface area contributed by atoms with Crippen LogP contribution in [0.4, 0.5) is 0 Å². The van der Waals surface area contributed by atoms with Gasteiger partial charge in [-0.2, -0.15) is 9.89 Å². The molecule has 0 amide bonds. The Kier molecular flexibility index (Phi) is 0.946. The van der Waals surface area contributed by atoms with Crippen LogP contribution in [-0.2, 0) is 6.42 Å². The molecule has 9 heavy (non-hydrogen) atoms. The van der Waals surface area contributed by atoms with Crippen molar-refractivity contribution in [2.24, 2.45) is 0 Å². The van der Waals surface area contributed by atoms with Crippen LogP contribution in [0.15, 0.2) is 12.3 Å². The van der Waals surface area contributed by atoms with Crippen molar-refractivity contribution in [3.63, 3.8) is 0 Å². The summed E-state index contributed by atoms with van der Waals surface area (Å²) in [5, 5.41) is 4.06. The van der Waals surface area contributed by atoms with Gasteiger partial charge in [-0.1, -0.05) is 0 Å². The van der Waals surface area contributed by atoms with Crippen molar-refractivity contribution in [3.05, 3.63) is 18.0 Å². The molecule has 48 valence electrons. The third-order valence-corrected chi connectivity index (χ3v) is 1.59. The molecule has 0 fully saturated rings. The van der Waals surface area contributed by atoms with Crippen LogP contribution in [0.3, 0.4) is 0 Å². The standard InChI is InChI=1S/C6H9N3/c1-2-6-3-5-8-9(6)7-4-1/h3,5,7H,1-2,4H2. The SMILES string of the molecule is c1cc2n(n1)NCCC2. The van der Waals surface area contributed by atoms with E-state index in [9.17, 15) is 0 Å². The molecule has 0 unspecified atom stereocenters. The van der Waals surface area contributed by atoms with Crippen molar-refractivity contribution < 1.29 is 0 Å². The number of hydrogen-bond acceptors (Lipinski definition) is 2. The molecule has 0 aromatic carbocycles. The Morgan fingerprint density at radius 3 is 3.56 bits per heavy atom. The van der Waals surface area contributed by atoms with Crippen LogP contribution in [0.25, 0.3) is 0 Å². The molecule has 0 radical (unpaired) electrons. The highest BCUT2D eigenvalue weighted by Crippen LogP contribution is 2.04. The van der Waals surface area contributed by atoms with Crippen molar-refractivity contribution in [1.29, 1.82) is 0 Å². The summed E-state index contributed by atoms with van der Waals surface area (Å²) >= 11 is 0. The fourth-order valence-electron chi connectivity index (χ4n) is 1.12. The highest BCUT2D eigenvalue weighted by Gasteiger charge is 2.05. The third-order valence-electron chi connectivity index (χ3n) is 1.59. The van der Waals surface area contributed by atoms with E-state index in [1.807, 2.05) is 17.1 Å². The van der Waals surface area contributed by atoms with E-state index < -0.39 is 0 Å².